The molecule has 0 saturated carbocycles. The molecule has 0 aliphatic heterocycles. The third kappa shape index (κ3) is 3.55. The van der Waals surface area contributed by atoms with Gasteiger partial charge in [-0.3, -0.25) is 4.98 Å². The fourth-order valence-electron chi connectivity index (χ4n) is 2.97. The van der Waals surface area contributed by atoms with Crippen LogP contribution >= 0.6 is 0 Å². The van der Waals surface area contributed by atoms with Gasteiger partial charge in [0.05, 0.1) is 6.20 Å². The molecule has 2 aromatic carbocycles. The predicted molar refractivity (Wildman–Crippen MR) is 107 cm³/mol. The average molecular weight is 358 g/mol. The van der Waals surface area contributed by atoms with Gasteiger partial charge < -0.3 is 4.98 Å². The Bertz CT molecular complexity index is 1160. The highest BCUT2D eigenvalue weighted by atomic mass is 19.1. The van der Waals surface area contributed by atoms with Crippen LogP contribution in [0.2, 0.25) is 0 Å². The molecule has 0 saturated heterocycles. The van der Waals surface area contributed by atoms with E-state index in [4.69, 9.17) is 0 Å². The normalized spacial score (nSPS) is 11.8. The van der Waals surface area contributed by atoms with Gasteiger partial charge >= 0.3 is 0 Å². The van der Waals surface area contributed by atoms with Gasteiger partial charge in [0.15, 0.2) is 0 Å². The lowest BCUT2D eigenvalue weighted by molar-refractivity contribution is 0.618. The van der Waals surface area contributed by atoms with Gasteiger partial charge in [-0.2, -0.15) is 0 Å². The molecule has 4 rings (SSSR count). The number of hydrogen-bond acceptors (Lipinski definition) is 1. The maximum atomic E-state index is 13.9. The Morgan fingerprint density at radius 1 is 0.741 bits per heavy atom. The third-order valence-electron chi connectivity index (χ3n) is 4.34. The number of halogens is 2. The number of aromatic amines is 1. The van der Waals surface area contributed by atoms with Crippen molar-refractivity contribution < 1.29 is 8.78 Å². The Kier molecular flexibility index (Phi) is 4.62. The fourth-order valence-corrected chi connectivity index (χ4v) is 2.97. The molecule has 27 heavy (non-hydrogen) atoms. The Balaban J connectivity index is 1.78. The van der Waals surface area contributed by atoms with Crippen LogP contribution in [-0.4, -0.2) is 9.97 Å². The van der Waals surface area contributed by atoms with Gasteiger partial charge in [0.25, 0.3) is 0 Å². The third-order valence-corrected chi connectivity index (χ3v) is 4.34. The first-order valence-corrected chi connectivity index (χ1v) is 8.53. The second-order valence-corrected chi connectivity index (χ2v) is 6.08. The number of pyridine rings is 1. The van der Waals surface area contributed by atoms with Crippen molar-refractivity contribution in [3.8, 4) is 0 Å². The zero-order chi connectivity index (χ0) is 18.6. The Labute approximate surface area is 155 Å². The first-order chi connectivity index (χ1) is 13.2. The fraction of sp³-hybridized carbons (Fsp3) is 0. The second kappa shape index (κ2) is 7.38. The number of nitrogens with one attached hydrogen (secondary N) is 1. The molecule has 0 unspecified atom stereocenters. The zero-order valence-corrected chi connectivity index (χ0v) is 14.4. The van der Waals surface area contributed by atoms with Crippen molar-refractivity contribution in [2.24, 2.45) is 0 Å². The number of rotatable bonds is 4. The van der Waals surface area contributed by atoms with Gasteiger partial charge in [0.2, 0.25) is 0 Å². The molecule has 0 aliphatic rings. The van der Waals surface area contributed by atoms with E-state index < -0.39 is 0 Å². The molecule has 0 radical (unpaired) electrons. The van der Waals surface area contributed by atoms with Crippen LogP contribution in [0, 0.1) is 11.6 Å². The summed E-state index contributed by atoms with van der Waals surface area (Å²) >= 11 is 0. The second-order valence-electron chi connectivity index (χ2n) is 6.08. The highest BCUT2D eigenvalue weighted by Gasteiger charge is 2.07. The predicted octanol–water partition coefficient (Wildman–Crippen LogP) is 6.18. The Morgan fingerprint density at radius 3 is 2.33 bits per heavy atom. The average Bonchev–Trinajstić information content (AvgIpc) is 3.04. The highest BCUT2D eigenvalue weighted by Crippen LogP contribution is 2.26. The molecule has 0 amide bonds. The summed E-state index contributed by atoms with van der Waals surface area (Å²) in [7, 11) is 0. The molecule has 1 N–H and O–H groups in total. The molecule has 132 valence electrons. The number of hydrogen-bond donors (Lipinski definition) is 1. The number of benzene rings is 2. The number of H-pyrrole nitrogens is 1. The minimum atomic E-state index is -0.378. The van der Waals surface area contributed by atoms with E-state index in [2.05, 4.69) is 9.97 Å². The number of aromatic nitrogens is 2. The van der Waals surface area contributed by atoms with Crippen LogP contribution in [0.15, 0.2) is 67.0 Å². The van der Waals surface area contributed by atoms with Crippen LogP contribution in [0.4, 0.5) is 8.78 Å². The molecule has 4 aromatic rings. The van der Waals surface area contributed by atoms with E-state index in [-0.39, 0.29) is 11.6 Å². The van der Waals surface area contributed by atoms with E-state index in [0.29, 0.717) is 11.1 Å². The summed E-state index contributed by atoms with van der Waals surface area (Å²) in [5.74, 6) is -0.655. The lowest BCUT2D eigenvalue weighted by Crippen LogP contribution is -1.83. The van der Waals surface area contributed by atoms with Crippen molar-refractivity contribution in [1.29, 1.82) is 0 Å². The van der Waals surface area contributed by atoms with E-state index >= 15 is 0 Å². The summed E-state index contributed by atoms with van der Waals surface area (Å²) in [6, 6.07) is 16.1. The van der Waals surface area contributed by atoms with E-state index in [1.165, 1.54) is 12.3 Å². The van der Waals surface area contributed by atoms with Crippen LogP contribution in [0.25, 0.3) is 35.2 Å². The molecular weight excluding hydrogens is 342 g/mol. The topological polar surface area (TPSA) is 28.7 Å². The van der Waals surface area contributed by atoms with Gasteiger partial charge in [-0.25, -0.2) is 8.78 Å². The summed E-state index contributed by atoms with van der Waals surface area (Å²) in [5, 5.41) is 1.01. The van der Waals surface area contributed by atoms with E-state index in [1.54, 1.807) is 42.6 Å². The van der Waals surface area contributed by atoms with E-state index in [0.717, 1.165) is 22.2 Å². The van der Waals surface area contributed by atoms with E-state index in [1.807, 2.05) is 36.4 Å². The maximum Gasteiger partial charge on any atom is 0.148 e. The number of nitrogens with zero attached hydrogens (tertiary/aromatic N) is 1. The first kappa shape index (κ1) is 16.9. The van der Waals surface area contributed by atoms with Crippen molar-refractivity contribution in [2.45, 2.75) is 0 Å². The number of fused-ring (bicyclic) bond motifs is 1. The molecule has 4 heteroatoms. The van der Waals surface area contributed by atoms with Crippen molar-refractivity contribution in [3.63, 3.8) is 0 Å². The molecule has 2 nitrogen and oxygen atoms in total. The lowest BCUT2D eigenvalue weighted by Gasteiger charge is -1.98. The van der Waals surface area contributed by atoms with Gasteiger partial charge in [-0.05, 0) is 30.4 Å². The quantitative estimate of drug-likeness (QED) is 0.463. The standard InChI is InChI=1S/C23H16F2N2/c24-20-7-3-1-5-16(20)10-12-23-19(18-6-2-4-8-22(18)27-23)11-9-17-13-14-26-15-21(17)25/h1-15,27H/b11-9+,12-10+. The summed E-state index contributed by atoms with van der Waals surface area (Å²) in [5.41, 5.74) is 3.66. The van der Waals surface area contributed by atoms with Gasteiger partial charge in [0, 0.05) is 39.5 Å². The van der Waals surface area contributed by atoms with Crippen LogP contribution in [0.5, 0.6) is 0 Å². The molecule has 0 bridgehead atoms. The van der Waals surface area contributed by atoms with Crippen LogP contribution in [0.1, 0.15) is 22.4 Å². The molecule has 0 spiro atoms. The molecule has 0 aliphatic carbocycles. The summed E-state index contributed by atoms with van der Waals surface area (Å²) in [4.78, 5) is 7.11. The van der Waals surface area contributed by atoms with Gasteiger partial charge in [-0.15, -0.1) is 0 Å². The highest BCUT2D eigenvalue weighted by molar-refractivity contribution is 5.96. The molecule has 2 heterocycles. The molecule has 0 atom stereocenters. The van der Waals surface area contributed by atoms with Crippen molar-refractivity contribution in [3.05, 3.63) is 101 Å². The summed E-state index contributed by atoms with van der Waals surface area (Å²) < 4.78 is 27.8. The van der Waals surface area contributed by atoms with Gasteiger partial charge in [0.1, 0.15) is 11.6 Å². The minimum absolute atomic E-state index is 0.277. The lowest BCUT2D eigenvalue weighted by atomic mass is 10.1. The molecular formula is C23H16F2N2. The van der Waals surface area contributed by atoms with Crippen molar-refractivity contribution in [2.75, 3.05) is 0 Å². The Hall–Kier alpha value is -3.53. The molecule has 2 aromatic heterocycles. The SMILES string of the molecule is Fc1ccccc1/C=C/c1[nH]c2ccccc2c1/C=C/c1ccncc1F. The number of para-hydroxylation sites is 1. The Morgan fingerprint density at radius 2 is 1.48 bits per heavy atom. The van der Waals surface area contributed by atoms with Crippen molar-refractivity contribution >= 4 is 35.2 Å². The van der Waals surface area contributed by atoms with Crippen molar-refractivity contribution in [1.82, 2.24) is 9.97 Å². The van der Waals surface area contributed by atoms with E-state index in [9.17, 15) is 8.78 Å². The van der Waals surface area contributed by atoms with Crippen LogP contribution in [0.3, 0.4) is 0 Å². The minimum Gasteiger partial charge on any atom is -0.355 e. The summed E-state index contributed by atoms with van der Waals surface area (Å²) in [6.07, 6.45) is 9.88. The first-order valence-electron chi connectivity index (χ1n) is 8.53. The summed E-state index contributed by atoms with van der Waals surface area (Å²) in [6.45, 7) is 0. The van der Waals surface area contributed by atoms with Crippen LogP contribution in [-0.2, 0) is 0 Å². The zero-order valence-electron chi connectivity index (χ0n) is 14.4. The monoisotopic (exact) mass is 358 g/mol. The van der Waals surface area contributed by atoms with Gasteiger partial charge in [-0.1, -0.05) is 48.6 Å². The molecule has 0 fully saturated rings. The van der Waals surface area contributed by atoms with Crippen LogP contribution < -0.4 is 0 Å². The maximum absolute atomic E-state index is 13.9. The largest absolute Gasteiger partial charge is 0.355 e. The smallest absolute Gasteiger partial charge is 0.148 e.